The number of esters is 1. The van der Waals surface area contributed by atoms with Crippen LogP contribution in [0.2, 0.25) is 0 Å². The Morgan fingerprint density at radius 3 is 2.74 bits per heavy atom. The molecule has 1 unspecified atom stereocenters. The third kappa shape index (κ3) is 2.46. The van der Waals surface area contributed by atoms with Gasteiger partial charge in [0, 0.05) is 24.7 Å². The molecule has 1 aromatic heterocycles. The number of rotatable bonds is 2. The molecule has 120 valence electrons. The number of phenols is 1. The van der Waals surface area contributed by atoms with E-state index in [-0.39, 0.29) is 23.7 Å². The number of pyridine rings is 1. The van der Waals surface area contributed by atoms with Crippen molar-refractivity contribution in [3.05, 3.63) is 51.4 Å². The van der Waals surface area contributed by atoms with Crippen molar-refractivity contribution < 1.29 is 19.4 Å². The summed E-state index contributed by atoms with van der Waals surface area (Å²) in [6.07, 6.45) is 0.0687. The second-order valence-corrected chi connectivity index (χ2v) is 5.59. The predicted molar refractivity (Wildman–Crippen MR) is 83.2 cm³/mol. The van der Waals surface area contributed by atoms with Crippen molar-refractivity contribution in [1.82, 2.24) is 4.57 Å². The maximum Gasteiger partial charge on any atom is 0.312 e. The molecule has 23 heavy (non-hydrogen) atoms. The van der Waals surface area contributed by atoms with Crippen molar-refractivity contribution in [2.24, 2.45) is 7.05 Å². The number of phenolic OH excluding ortho intramolecular Hbond substituents is 1. The molecule has 3 rings (SSSR count). The van der Waals surface area contributed by atoms with Gasteiger partial charge in [0.15, 0.2) is 11.5 Å². The van der Waals surface area contributed by atoms with E-state index >= 15 is 0 Å². The average Bonchev–Trinajstić information content (AvgIpc) is 2.52. The van der Waals surface area contributed by atoms with E-state index in [1.807, 2.05) is 0 Å². The van der Waals surface area contributed by atoms with E-state index in [4.69, 9.17) is 9.47 Å². The third-order valence-corrected chi connectivity index (χ3v) is 4.22. The van der Waals surface area contributed by atoms with Gasteiger partial charge >= 0.3 is 5.97 Å². The lowest BCUT2D eigenvalue weighted by Gasteiger charge is -2.25. The van der Waals surface area contributed by atoms with Gasteiger partial charge in [0.1, 0.15) is 5.75 Å². The van der Waals surface area contributed by atoms with Gasteiger partial charge in [-0.25, -0.2) is 0 Å². The minimum atomic E-state index is -0.431. The van der Waals surface area contributed by atoms with Crippen LogP contribution in [0.1, 0.15) is 29.2 Å². The number of carbonyl (C=O) groups excluding carboxylic acids is 1. The zero-order valence-electron chi connectivity index (χ0n) is 13.1. The molecule has 6 heteroatoms. The quantitative estimate of drug-likeness (QED) is 0.856. The van der Waals surface area contributed by atoms with Crippen molar-refractivity contribution in [2.75, 3.05) is 7.11 Å². The van der Waals surface area contributed by atoms with Crippen LogP contribution < -0.4 is 15.0 Å². The van der Waals surface area contributed by atoms with Crippen LogP contribution in [-0.4, -0.2) is 22.8 Å². The van der Waals surface area contributed by atoms with Crippen LogP contribution in [0, 0.1) is 6.92 Å². The number of hydrogen-bond donors (Lipinski definition) is 1. The van der Waals surface area contributed by atoms with Crippen LogP contribution in [0.3, 0.4) is 0 Å². The minimum absolute atomic E-state index is 0.00617. The predicted octanol–water partition coefficient (Wildman–Crippen LogP) is 1.85. The lowest BCUT2D eigenvalue weighted by atomic mass is 9.86. The van der Waals surface area contributed by atoms with Gasteiger partial charge in [-0.2, -0.15) is 0 Å². The highest BCUT2D eigenvalue weighted by atomic mass is 16.5. The number of fused-ring (bicyclic) bond motifs is 1. The number of aromatic nitrogens is 1. The zero-order valence-corrected chi connectivity index (χ0v) is 13.1. The number of hydrogen-bond acceptors (Lipinski definition) is 5. The van der Waals surface area contributed by atoms with Crippen molar-refractivity contribution in [1.29, 1.82) is 0 Å². The van der Waals surface area contributed by atoms with Crippen molar-refractivity contribution in [3.8, 4) is 17.2 Å². The fourth-order valence-electron chi connectivity index (χ4n) is 2.84. The van der Waals surface area contributed by atoms with E-state index in [0.717, 1.165) is 5.56 Å². The Kier molecular flexibility index (Phi) is 3.60. The monoisotopic (exact) mass is 315 g/mol. The molecule has 1 aliphatic rings. The van der Waals surface area contributed by atoms with Crippen LogP contribution >= 0.6 is 0 Å². The number of ether oxygens (including phenoxy) is 2. The fraction of sp³-hybridized carbons (Fsp3) is 0.294. The van der Waals surface area contributed by atoms with Gasteiger partial charge in [-0.3, -0.25) is 9.59 Å². The first-order valence-corrected chi connectivity index (χ1v) is 7.20. The molecule has 0 fully saturated rings. The summed E-state index contributed by atoms with van der Waals surface area (Å²) in [6, 6.07) is 6.51. The highest BCUT2D eigenvalue weighted by Gasteiger charge is 2.32. The summed E-state index contributed by atoms with van der Waals surface area (Å²) in [6.45, 7) is 1.78. The molecule has 6 nitrogen and oxygen atoms in total. The third-order valence-electron chi connectivity index (χ3n) is 4.22. The van der Waals surface area contributed by atoms with E-state index in [1.54, 1.807) is 32.2 Å². The average molecular weight is 315 g/mol. The Morgan fingerprint density at radius 1 is 1.30 bits per heavy atom. The lowest BCUT2D eigenvalue weighted by Crippen LogP contribution is -2.31. The van der Waals surface area contributed by atoms with E-state index in [2.05, 4.69) is 0 Å². The Morgan fingerprint density at radius 2 is 2.04 bits per heavy atom. The normalized spacial score (nSPS) is 16.7. The number of benzene rings is 1. The van der Waals surface area contributed by atoms with E-state index in [9.17, 15) is 14.7 Å². The van der Waals surface area contributed by atoms with Crippen LogP contribution in [0.4, 0.5) is 0 Å². The molecule has 0 amide bonds. The van der Waals surface area contributed by atoms with Crippen molar-refractivity contribution in [2.45, 2.75) is 19.3 Å². The fourth-order valence-corrected chi connectivity index (χ4v) is 2.84. The molecule has 0 bridgehead atoms. The lowest BCUT2D eigenvalue weighted by molar-refractivity contribution is -0.135. The van der Waals surface area contributed by atoms with Crippen molar-refractivity contribution in [3.63, 3.8) is 0 Å². The topological polar surface area (TPSA) is 77.8 Å². The molecule has 1 aliphatic heterocycles. The maximum absolute atomic E-state index is 12.6. The highest BCUT2D eigenvalue weighted by Crippen LogP contribution is 2.39. The second kappa shape index (κ2) is 5.46. The number of methoxy groups -OCH3 is 1. The van der Waals surface area contributed by atoms with Gasteiger partial charge in [-0.05, 0) is 24.6 Å². The highest BCUT2D eigenvalue weighted by molar-refractivity contribution is 5.77. The Bertz CT molecular complexity index is 853. The first-order valence-electron chi connectivity index (χ1n) is 7.20. The first kappa shape index (κ1) is 15.1. The van der Waals surface area contributed by atoms with Crippen LogP contribution in [0.15, 0.2) is 29.1 Å². The summed E-state index contributed by atoms with van der Waals surface area (Å²) in [4.78, 5) is 24.6. The van der Waals surface area contributed by atoms with Crippen molar-refractivity contribution >= 4 is 5.97 Å². The largest absolute Gasteiger partial charge is 0.504 e. The summed E-state index contributed by atoms with van der Waals surface area (Å²) >= 11 is 0. The van der Waals surface area contributed by atoms with E-state index in [0.29, 0.717) is 22.8 Å². The van der Waals surface area contributed by atoms with Gasteiger partial charge in [0.05, 0.1) is 19.1 Å². The summed E-state index contributed by atoms with van der Waals surface area (Å²) < 4.78 is 11.9. The summed E-state index contributed by atoms with van der Waals surface area (Å²) in [7, 11) is 3.13. The van der Waals surface area contributed by atoms with Gasteiger partial charge in [-0.15, -0.1) is 0 Å². The molecular formula is C17H17NO5. The minimum Gasteiger partial charge on any atom is -0.504 e. The van der Waals surface area contributed by atoms with Gasteiger partial charge in [0.2, 0.25) is 0 Å². The first-order chi connectivity index (χ1) is 10.9. The van der Waals surface area contributed by atoms with Crippen LogP contribution in [0.25, 0.3) is 0 Å². The summed E-state index contributed by atoms with van der Waals surface area (Å²) in [5, 5.41) is 9.73. The molecule has 1 aromatic carbocycles. The van der Waals surface area contributed by atoms with Crippen LogP contribution in [0.5, 0.6) is 17.2 Å². The molecule has 0 spiro atoms. The standard InChI is InChI=1S/C17H17NO5/c1-9-6-14-16(17(21)18(9)2)11(8-15(20)23-14)10-4-5-12(19)13(7-10)22-3/h4-7,11,19H,8H2,1-3H3. The second-order valence-electron chi connectivity index (χ2n) is 5.59. The van der Waals surface area contributed by atoms with E-state index in [1.165, 1.54) is 17.7 Å². The SMILES string of the molecule is COc1cc(C2CC(=O)Oc3cc(C)n(C)c(=O)c32)ccc1O. The maximum atomic E-state index is 12.6. The Hall–Kier alpha value is -2.76. The molecule has 0 saturated carbocycles. The van der Waals surface area contributed by atoms with Crippen LogP contribution in [-0.2, 0) is 11.8 Å². The Balaban J connectivity index is 2.21. The number of nitrogens with zero attached hydrogens (tertiary/aromatic N) is 1. The molecule has 0 aliphatic carbocycles. The molecule has 1 N–H and O–H groups in total. The van der Waals surface area contributed by atoms with E-state index < -0.39 is 5.92 Å². The molecule has 0 radical (unpaired) electrons. The van der Waals surface area contributed by atoms with Gasteiger partial charge in [0.25, 0.3) is 5.56 Å². The zero-order chi connectivity index (χ0) is 16.7. The summed E-state index contributed by atoms with van der Waals surface area (Å²) in [5.74, 6) is -0.209. The number of carbonyl (C=O) groups is 1. The molecule has 2 aromatic rings. The number of aromatic hydroxyl groups is 1. The summed E-state index contributed by atoms with van der Waals surface area (Å²) in [5.41, 5.74) is 1.69. The molecule has 1 atom stereocenters. The number of aryl methyl sites for hydroxylation is 1. The van der Waals surface area contributed by atoms with Gasteiger partial charge < -0.3 is 19.1 Å². The Labute approximate surface area is 132 Å². The molecular weight excluding hydrogens is 298 g/mol. The molecule has 0 saturated heterocycles. The molecule has 2 heterocycles. The smallest absolute Gasteiger partial charge is 0.312 e. The van der Waals surface area contributed by atoms with Gasteiger partial charge in [-0.1, -0.05) is 6.07 Å².